The van der Waals surface area contributed by atoms with Gasteiger partial charge in [0.15, 0.2) is 0 Å². The van der Waals surface area contributed by atoms with E-state index in [0.29, 0.717) is 22.8 Å². The van der Waals surface area contributed by atoms with E-state index in [4.69, 9.17) is 14.6 Å². The summed E-state index contributed by atoms with van der Waals surface area (Å²) in [6, 6.07) is 7.36. The van der Waals surface area contributed by atoms with Gasteiger partial charge >= 0.3 is 5.69 Å². The Morgan fingerprint density at radius 1 is 1.03 bits per heavy atom. The lowest BCUT2D eigenvalue weighted by molar-refractivity contribution is 0.182. The van der Waals surface area contributed by atoms with Crippen LogP contribution in [0.3, 0.4) is 0 Å². The summed E-state index contributed by atoms with van der Waals surface area (Å²) < 4.78 is 12.3. The molecule has 8 nitrogen and oxygen atoms in total. The maximum Gasteiger partial charge on any atom is 0.348 e. The Kier molecular flexibility index (Phi) is 6.85. The van der Waals surface area contributed by atoms with Gasteiger partial charge in [0, 0.05) is 23.9 Å². The van der Waals surface area contributed by atoms with Crippen LogP contribution in [0.2, 0.25) is 0 Å². The van der Waals surface area contributed by atoms with Crippen molar-refractivity contribution in [2.24, 2.45) is 5.92 Å². The first kappa shape index (κ1) is 22.9. The van der Waals surface area contributed by atoms with Gasteiger partial charge in [0.05, 0.1) is 19.9 Å². The summed E-state index contributed by atoms with van der Waals surface area (Å²) in [4.78, 5) is 23.2. The second kappa shape index (κ2) is 10.2. The van der Waals surface area contributed by atoms with Gasteiger partial charge in [0.2, 0.25) is 5.88 Å². The minimum Gasteiger partial charge on any atom is -0.496 e. The van der Waals surface area contributed by atoms with Crippen LogP contribution in [0.4, 0.5) is 0 Å². The Balaban J connectivity index is 1.38. The van der Waals surface area contributed by atoms with E-state index >= 15 is 0 Å². The molecule has 0 bridgehead atoms. The maximum absolute atomic E-state index is 13.0. The van der Waals surface area contributed by atoms with E-state index in [9.17, 15) is 4.79 Å². The van der Waals surface area contributed by atoms with Gasteiger partial charge in [-0.05, 0) is 56.5 Å². The molecule has 1 saturated carbocycles. The number of likely N-dealkylation sites (tertiary alicyclic amines) is 1. The fourth-order valence-corrected chi connectivity index (χ4v) is 5.63. The van der Waals surface area contributed by atoms with Crippen LogP contribution in [-0.2, 0) is 0 Å². The number of aromatic amines is 1. The van der Waals surface area contributed by atoms with Crippen LogP contribution in [0.15, 0.2) is 29.1 Å². The SMILES string of the molecule is COc1ccc2c(OC)ccc(-n3nc([C@H]4CCCN(CCC5CCCCC5)C4)[nH]c3=O)c2n1. The number of methoxy groups -OCH3 is 2. The highest BCUT2D eigenvalue weighted by molar-refractivity contribution is 5.92. The predicted octanol–water partition coefficient (Wildman–Crippen LogP) is 4.28. The Labute approximate surface area is 200 Å². The van der Waals surface area contributed by atoms with Gasteiger partial charge in [-0.25, -0.2) is 9.78 Å². The third-order valence-electron chi connectivity index (χ3n) is 7.53. The van der Waals surface area contributed by atoms with Crippen molar-refractivity contribution in [3.63, 3.8) is 0 Å². The number of rotatable bonds is 7. The fraction of sp³-hybridized carbons (Fsp3) is 0.577. The Morgan fingerprint density at radius 3 is 2.68 bits per heavy atom. The van der Waals surface area contributed by atoms with Gasteiger partial charge in [-0.3, -0.25) is 4.98 Å². The molecular formula is C26H35N5O3. The normalized spacial score (nSPS) is 20.0. The molecule has 1 N–H and O–H groups in total. The number of hydrogen-bond acceptors (Lipinski definition) is 6. The van der Waals surface area contributed by atoms with Crippen LogP contribution < -0.4 is 15.2 Å². The zero-order chi connectivity index (χ0) is 23.5. The molecule has 0 amide bonds. The Morgan fingerprint density at radius 2 is 1.88 bits per heavy atom. The smallest absolute Gasteiger partial charge is 0.348 e. The molecule has 1 aromatic carbocycles. The molecule has 8 heteroatoms. The summed E-state index contributed by atoms with van der Waals surface area (Å²) in [5.41, 5.74) is 0.995. The van der Waals surface area contributed by atoms with Gasteiger partial charge in [-0.1, -0.05) is 32.1 Å². The second-order valence-electron chi connectivity index (χ2n) is 9.70. The third-order valence-corrected chi connectivity index (χ3v) is 7.53. The van der Waals surface area contributed by atoms with Gasteiger partial charge in [-0.15, -0.1) is 5.10 Å². The second-order valence-corrected chi connectivity index (χ2v) is 9.70. The van der Waals surface area contributed by atoms with Crippen LogP contribution in [0.25, 0.3) is 16.6 Å². The molecule has 1 saturated heterocycles. The molecule has 1 aliphatic heterocycles. The van der Waals surface area contributed by atoms with Gasteiger partial charge < -0.3 is 14.4 Å². The number of fused-ring (bicyclic) bond motifs is 1. The van der Waals surface area contributed by atoms with Crippen molar-refractivity contribution in [3.8, 4) is 17.3 Å². The fourth-order valence-electron chi connectivity index (χ4n) is 5.63. The summed E-state index contributed by atoms with van der Waals surface area (Å²) in [5.74, 6) is 3.06. The standard InChI is InChI=1S/C26H35N5O3/c1-33-22-12-11-21(24-20(22)10-13-23(27-24)34-2)31-26(32)28-25(29-31)19-9-6-15-30(17-19)16-14-18-7-4-3-5-8-18/h10-13,18-19H,3-9,14-17H2,1-2H3,(H,28,29,32)/t19-/m0/s1. The third kappa shape index (κ3) is 4.69. The van der Waals surface area contributed by atoms with Crippen molar-refractivity contribution in [2.45, 2.75) is 57.3 Å². The number of pyridine rings is 1. The molecular weight excluding hydrogens is 430 g/mol. The average Bonchev–Trinajstić information content (AvgIpc) is 3.28. The summed E-state index contributed by atoms with van der Waals surface area (Å²) in [6.07, 6.45) is 10.5. The average molecular weight is 466 g/mol. The molecule has 182 valence electrons. The number of ether oxygens (including phenoxy) is 2. The lowest BCUT2D eigenvalue weighted by atomic mass is 9.86. The first-order valence-electron chi connectivity index (χ1n) is 12.6. The van der Waals surface area contributed by atoms with Crippen molar-refractivity contribution < 1.29 is 9.47 Å². The summed E-state index contributed by atoms with van der Waals surface area (Å²) in [6.45, 7) is 3.25. The molecule has 3 aromatic rings. The molecule has 1 aliphatic carbocycles. The van der Waals surface area contributed by atoms with Gasteiger partial charge in [0.1, 0.15) is 17.1 Å². The quantitative estimate of drug-likeness (QED) is 0.561. The van der Waals surface area contributed by atoms with E-state index in [-0.39, 0.29) is 11.6 Å². The highest BCUT2D eigenvalue weighted by Gasteiger charge is 2.26. The van der Waals surface area contributed by atoms with Gasteiger partial charge in [-0.2, -0.15) is 4.68 Å². The van der Waals surface area contributed by atoms with Gasteiger partial charge in [0.25, 0.3) is 0 Å². The lowest BCUT2D eigenvalue weighted by Crippen LogP contribution is -2.36. The molecule has 0 radical (unpaired) electrons. The van der Waals surface area contributed by atoms with Crippen molar-refractivity contribution >= 4 is 10.9 Å². The molecule has 5 rings (SSSR count). The maximum atomic E-state index is 13.0. The van der Waals surface area contributed by atoms with Crippen LogP contribution >= 0.6 is 0 Å². The highest BCUT2D eigenvalue weighted by atomic mass is 16.5. The number of H-pyrrole nitrogens is 1. The molecule has 0 unspecified atom stereocenters. The van der Waals surface area contributed by atoms with E-state index in [1.165, 1.54) is 43.2 Å². The van der Waals surface area contributed by atoms with Crippen molar-refractivity contribution in [3.05, 3.63) is 40.6 Å². The van der Waals surface area contributed by atoms with E-state index in [1.807, 2.05) is 18.2 Å². The monoisotopic (exact) mass is 465 g/mol. The van der Waals surface area contributed by atoms with Crippen LogP contribution in [0, 0.1) is 5.92 Å². The molecule has 1 atom stereocenters. The Bertz CT molecular complexity index is 1180. The first-order chi connectivity index (χ1) is 16.7. The number of nitrogens with zero attached hydrogens (tertiary/aromatic N) is 4. The number of nitrogens with one attached hydrogen (secondary N) is 1. The summed E-state index contributed by atoms with van der Waals surface area (Å²) in [5, 5.41) is 5.56. The summed E-state index contributed by atoms with van der Waals surface area (Å²) >= 11 is 0. The number of hydrogen-bond donors (Lipinski definition) is 1. The van der Waals surface area contributed by atoms with E-state index < -0.39 is 0 Å². The largest absolute Gasteiger partial charge is 0.496 e. The molecule has 2 fully saturated rings. The lowest BCUT2D eigenvalue weighted by Gasteiger charge is -2.33. The Hall–Kier alpha value is -2.87. The van der Waals surface area contributed by atoms with Crippen LogP contribution in [0.1, 0.15) is 63.1 Å². The minimum atomic E-state index is -0.245. The predicted molar refractivity (Wildman–Crippen MR) is 132 cm³/mol. The molecule has 2 aromatic heterocycles. The van der Waals surface area contributed by atoms with E-state index in [0.717, 1.165) is 49.6 Å². The highest BCUT2D eigenvalue weighted by Crippen LogP contribution is 2.31. The molecule has 3 heterocycles. The molecule has 2 aliphatic rings. The van der Waals surface area contributed by atoms with Crippen LogP contribution in [0.5, 0.6) is 11.6 Å². The number of aromatic nitrogens is 4. The zero-order valence-corrected chi connectivity index (χ0v) is 20.3. The van der Waals surface area contributed by atoms with Crippen molar-refractivity contribution in [1.82, 2.24) is 24.6 Å². The number of piperidine rings is 1. The minimum absolute atomic E-state index is 0.237. The first-order valence-corrected chi connectivity index (χ1v) is 12.6. The van der Waals surface area contributed by atoms with Crippen LogP contribution in [-0.4, -0.2) is 58.5 Å². The summed E-state index contributed by atoms with van der Waals surface area (Å²) in [7, 11) is 3.20. The molecule has 0 spiro atoms. The number of benzene rings is 1. The van der Waals surface area contributed by atoms with Crippen molar-refractivity contribution in [2.75, 3.05) is 33.9 Å². The van der Waals surface area contributed by atoms with E-state index in [2.05, 4.69) is 14.9 Å². The zero-order valence-electron chi connectivity index (χ0n) is 20.3. The topological polar surface area (TPSA) is 85.3 Å². The van der Waals surface area contributed by atoms with Crippen molar-refractivity contribution in [1.29, 1.82) is 0 Å². The van der Waals surface area contributed by atoms with E-state index in [1.54, 1.807) is 20.3 Å². The molecule has 34 heavy (non-hydrogen) atoms.